The fourth-order valence-corrected chi connectivity index (χ4v) is 4.09. The van der Waals surface area contributed by atoms with Gasteiger partial charge in [-0.15, -0.1) is 6.58 Å². The molecule has 3 rings (SSSR count). The smallest absolute Gasteiger partial charge is 0.222 e. The first-order valence-corrected chi connectivity index (χ1v) is 12.6. The fraction of sp³-hybridized carbons (Fsp3) is 0.448. The van der Waals surface area contributed by atoms with Gasteiger partial charge >= 0.3 is 0 Å². The lowest BCUT2D eigenvalue weighted by Gasteiger charge is -2.12. The predicted octanol–water partition coefficient (Wildman–Crippen LogP) is 6.11. The molecule has 0 spiro atoms. The molecule has 1 aromatic heterocycles. The number of aryl methyl sites for hydroxylation is 2. The zero-order chi connectivity index (χ0) is 24.2. The summed E-state index contributed by atoms with van der Waals surface area (Å²) in [6, 6.07) is 16.6. The van der Waals surface area contributed by atoms with Crippen molar-refractivity contribution in [1.29, 1.82) is 0 Å². The van der Waals surface area contributed by atoms with Crippen molar-refractivity contribution in [1.82, 2.24) is 14.9 Å². The van der Waals surface area contributed by atoms with Crippen LogP contribution in [0.15, 0.2) is 61.2 Å². The third kappa shape index (κ3) is 7.47. The van der Waals surface area contributed by atoms with Crippen LogP contribution >= 0.6 is 0 Å². The SMILES string of the molecule is C=CCc1ccccc1OCCCCn1c(CCCCCNC(=O)C(C)C)nc2ccccc21. The van der Waals surface area contributed by atoms with Gasteiger partial charge in [0.2, 0.25) is 5.91 Å². The summed E-state index contributed by atoms with van der Waals surface area (Å²) >= 11 is 0. The molecule has 0 aliphatic carbocycles. The molecule has 182 valence electrons. The zero-order valence-corrected chi connectivity index (χ0v) is 20.8. The number of nitrogens with one attached hydrogen (secondary N) is 1. The number of unbranched alkanes of at least 4 members (excludes halogenated alkanes) is 3. The van der Waals surface area contributed by atoms with Crippen LogP contribution in [0.1, 0.15) is 57.3 Å². The molecule has 0 fully saturated rings. The number of benzene rings is 2. The van der Waals surface area contributed by atoms with Crippen LogP contribution in [0.2, 0.25) is 0 Å². The van der Waals surface area contributed by atoms with Crippen molar-refractivity contribution in [3.63, 3.8) is 0 Å². The first kappa shape index (κ1) is 25.5. The molecule has 0 atom stereocenters. The third-order valence-electron chi connectivity index (χ3n) is 6.00. The second kappa shape index (κ2) is 13.6. The molecular weight excluding hydrogens is 422 g/mol. The summed E-state index contributed by atoms with van der Waals surface area (Å²) in [4.78, 5) is 16.6. The van der Waals surface area contributed by atoms with E-state index >= 15 is 0 Å². The Morgan fingerprint density at radius 1 is 1.06 bits per heavy atom. The molecule has 0 aliphatic rings. The summed E-state index contributed by atoms with van der Waals surface area (Å²) in [7, 11) is 0. The standard InChI is InChI=1S/C29H39N3O2/c1-4-14-24-15-7-10-18-27(24)34-22-13-12-21-32-26-17-9-8-16-25(26)31-28(32)19-6-5-11-20-30-29(33)23(2)3/h4,7-10,15-18,23H,1,5-6,11-14,19-22H2,2-3H3,(H,30,33). The minimum atomic E-state index is 0.0483. The van der Waals surface area contributed by atoms with Gasteiger partial charge < -0.3 is 14.6 Å². The predicted molar refractivity (Wildman–Crippen MR) is 140 cm³/mol. The topological polar surface area (TPSA) is 56.1 Å². The van der Waals surface area contributed by atoms with Gasteiger partial charge in [-0.25, -0.2) is 4.98 Å². The number of rotatable bonds is 15. The molecule has 5 heteroatoms. The lowest BCUT2D eigenvalue weighted by Crippen LogP contribution is -2.28. The van der Waals surface area contributed by atoms with Crippen LogP contribution in [0.25, 0.3) is 11.0 Å². The number of carbonyl (C=O) groups excluding carboxylic acids is 1. The van der Waals surface area contributed by atoms with Crippen molar-refractivity contribution in [3.8, 4) is 5.75 Å². The Hall–Kier alpha value is -3.08. The second-order valence-electron chi connectivity index (χ2n) is 9.08. The number of hydrogen-bond acceptors (Lipinski definition) is 3. The summed E-state index contributed by atoms with van der Waals surface area (Å²) in [6.45, 7) is 10.1. The van der Waals surface area contributed by atoms with Crippen LogP contribution in [0.3, 0.4) is 0 Å². The van der Waals surface area contributed by atoms with Gasteiger partial charge in [-0.1, -0.05) is 56.7 Å². The van der Waals surface area contributed by atoms with Crippen molar-refractivity contribution in [2.24, 2.45) is 5.92 Å². The molecule has 1 heterocycles. The van der Waals surface area contributed by atoms with Gasteiger partial charge in [0.15, 0.2) is 0 Å². The number of fused-ring (bicyclic) bond motifs is 1. The summed E-state index contributed by atoms with van der Waals surface area (Å²) in [6.07, 6.45) is 8.88. The van der Waals surface area contributed by atoms with Crippen LogP contribution in [0.4, 0.5) is 0 Å². The Labute approximate surface area is 204 Å². The number of nitrogens with zero attached hydrogens (tertiary/aromatic N) is 2. The number of imidazole rings is 1. The molecule has 3 aromatic rings. The highest BCUT2D eigenvalue weighted by molar-refractivity contribution is 5.77. The first-order chi connectivity index (χ1) is 16.6. The Morgan fingerprint density at radius 2 is 1.85 bits per heavy atom. The number of para-hydroxylation sites is 3. The minimum absolute atomic E-state index is 0.0483. The fourth-order valence-electron chi connectivity index (χ4n) is 4.09. The van der Waals surface area contributed by atoms with Gasteiger partial charge in [0.25, 0.3) is 0 Å². The molecule has 0 bridgehead atoms. The summed E-state index contributed by atoms with van der Waals surface area (Å²) in [5.74, 6) is 2.30. The Morgan fingerprint density at radius 3 is 2.68 bits per heavy atom. The number of amides is 1. The molecular formula is C29H39N3O2. The molecule has 5 nitrogen and oxygen atoms in total. The van der Waals surface area contributed by atoms with Crippen molar-refractivity contribution in [2.75, 3.05) is 13.2 Å². The van der Waals surface area contributed by atoms with Crippen molar-refractivity contribution < 1.29 is 9.53 Å². The third-order valence-corrected chi connectivity index (χ3v) is 6.00. The van der Waals surface area contributed by atoms with Gasteiger partial charge in [-0.05, 0) is 55.9 Å². The summed E-state index contributed by atoms with van der Waals surface area (Å²) in [5, 5.41) is 3.00. The number of allylic oxidation sites excluding steroid dienone is 1. The van der Waals surface area contributed by atoms with E-state index in [0.29, 0.717) is 6.61 Å². The van der Waals surface area contributed by atoms with Gasteiger partial charge in [-0.2, -0.15) is 0 Å². The molecule has 1 N–H and O–H groups in total. The molecule has 0 aliphatic heterocycles. The number of ether oxygens (including phenoxy) is 1. The maximum absolute atomic E-state index is 11.7. The van der Waals surface area contributed by atoms with E-state index in [0.717, 1.165) is 75.1 Å². The van der Waals surface area contributed by atoms with Gasteiger partial charge in [0.05, 0.1) is 17.6 Å². The Balaban J connectivity index is 1.48. The quantitative estimate of drug-likeness (QED) is 0.219. The molecule has 2 aromatic carbocycles. The number of carbonyl (C=O) groups is 1. The molecule has 0 saturated heterocycles. The van der Waals surface area contributed by atoms with E-state index in [4.69, 9.17) is 9.72 Å². The van der Waals surface area contributed by atoms with E-state index < -0.39 is 0 Å². The Kier molecular flexibility index (Phi) is 10.2. The zero-order valence-electron chi connectivity index (χ0n) is 20.8. The summed E-state index contributed by atoms with van der Waals surface area (Å²) < 4.78 is 8.43. The molecule has 0 radical (unpaired) electrons. The summed E-state index contributed by atoms with van der Waals surface area (Å²) in [5.41, 5.74) is 3.46. The largest absolute Gasteiger partial charge is 0.493 e. The van der Waals surface area contributed by atoms with Crippen LogP contribution < -0.4 is 10.1 Å². The van der Waals surface area contributed by atoms with E-state index in [1.807, 2.05) is 38.1 Å². The van der Waals surface area contributed by atoms with Crippen molar-refractivity contribution in [3.05, 3.63) is 72.6 Å². The van der Waals surface area contributed by atoms with Gasteiger partial charge in [-0.3, -0.25) is 4.79 Å². The maximum Gasteiger partial charge on any atom is 0.222 e. The van der Waals surface area contributed by atoms with Crippen LogP contribution in [0, 0.1) is 5.92 Å². The van der Waals surface area contributed by atoms with E-state index in [9.17, 15) is 4.79 Å². The lowest BCUT2D eigenvalue weighted by molar-refractivity contribution is -0.123. The molecule has 0 saturated carbocycles. The molecule has 1 amide bonds. The number of aromatic nitrogens is 2. The highest BCUT2D eigenvalue weighted by Gasteiger charge is 2.11. The molecule has 0 unspecified atom stereocenters. The minimum Gasteiger partial charge on any atom is -0.493 e. The number of hydrogen-bond donors (Lipinski definition) is 1. The van der Waals surface area contributed by atoms with Gasteiger partial charge in [0.1, 0.15) is 11.6 Å². The van der Waals surface area contributed by atoms with Crippen LogP contribution in [-0.2, 0) is 24.2 Å². The lowest BCUT2D eigenvalue weighted by atomic mass is 10.1. The van der Waals surface area contributed by atoms with Crippen LogP contribution in [0.5, 0.6) is 5.75 Å². The highest BCUT2D eigenvalue weighted by Crippen LogP contribution is 2.21. The Bertz CT molecular complexity index is 1050. The normalized spacial score (nSPS) is 11.1. The maximum atomic E-state index is 11.7. The van der Waals surface area contributed by atoms with Crippen molar-refractivity contribution in [2.45, 2.75) is 65.3 Å². The van der Waals surface area contributed by atoms with E-state index in [2.05, 4.69) is 46.8 Å². The molecule has 34 heavy (non-hydrogen) atoms. The highest BCUT2D eigenvalue weighted by atomic mass is 16.5. The average Bonchev–Trinajstić information content (AvgIpc) is 3.19. The van der Waals surface area contributed by atoms with Gasteiger partial charge in [0, 0.05) is 25.4 Å². The average molecular weight is 462 g/mol. The van der Waals surface area contributed by atoms with E-state index in [1.54, 1.807) is 0 Å². The second-order valence-corrected chi connectivity index (χ2v) is 9.08. The van der Waals surface area contributed by atoms with Crippen LogP contribution in [-0.4, -0.2) is 28.6 Å². The van der Waals surface area contributed by atoms with Crippen molar-refractivity contribution >= 4 is 16.9 Å². The van der Waals surface area contributed by atoms with E-state index in [1.165, 1.54) is 11.1 Å². The first-order valence-electron chi connectivity index (χ1n) is 12.6. The van der Waals surface area contributed by atoms with E-state index in [-0.39, 0.29) is 11.8 Å². The monoisotopic (exact) mass is 461 g/mol.